The number of likely N-dealkylation sites (tertiary alicyclic amines) is 1. The van der Waals surface area contributed by atoms with Crippen LogP contribution in [0.15, 0.2) is 0 Å². The largest absolute Gasteiger partial charge is 0.347 e. The van der Waals surface area contributed by atoms with Crippen LogP contribution in [0, 0.1) is 5.41 Å². The van der Waals surface area contributed by atoms with Gasteiger partial charge in [0.2, 0.25) is 11.8 Å². The molecular formula is C15H27N3O2. The Bertz CT molecular complexity index is 345. The van der Waals surface area contributed by atoms with E-state index in [9.17, 15) is 9.59 Å². The van der Waals surface area contributed by atoms with Crippen molar-refractivity contribution in [1.82, 2.24) is 15.5 Å². The van der Waals surface area contributed by atoms with Gasteiger partial charge in [0.1, 0.15) is 0 Å². The molecule has 1 unspecified atom stereocenters. The fourth-order valence-electron chi connectivity index (χ4n) is 3.22. The van der Waals surface area contributed by atoms with E-state index >= 15 is 0 Å². The molecule has 2 aliphatic rings. The van der Waals surface area contributed by atoms with Crippen molar-refractivity contribution in [2.45, 2.75) is 45.4 Å². The van der Waals surface area contributed by atoms with Gasteiger partial charge in [-0.15, -0.1) is 0 Å². The van der Waals surface area contributed by atoms with Crippen LogP contribution in [0.2, 0.25) is 0 Å². The fraction of sp³-hybridized carbons (Fsp3) is 0.867. The highest BCUT2D eigenvalue weighted by atomic mass is 16.2. The molecule has 0 bridgehead atoms. The smallest absolute Gasteiger partial charge is 0.241 e. The molecule has 0 spiro atoms. The van der Waals surface area contributed by atoms with E-state index in [1.165, 1.54) is 6.42 Å². The Labute approximate surface area is 121 Å². The lowest BCUT2D eigenvalue weighted by Crippen LogP contribution is -2.52. The van der Waals surface area contributed by atoms with E-state index in [-0.39, 0.29) is 23.8 Å². The van der Waals surface area contributed by atoms with E-state index in [4.69, 9.17) is 0 Å². The Hall–Kier alpha value is -1.10. The number of amides is 2. The van der Waals surface area contributed by atoms with E-state index in [1.54, 1.807) is 0 Å². The minimum absolute atomic E-state index is 0.0394. The lowest BCUT2D eigenvalue weighted by atomic mass is 9.77. The van der Waals surface area contributed by atoms with Crippen LogP contribution >= 0.6 is 0 Å². The number of rotatable bonds is 4. The minimum Gasteiger partial charge on any atom is -0.347 e. The minimum atomic E-state index is -0.319. The first-order valence-electron chi connectivity index (χ1n) is 7.95. The number of nitrogens with zero attached hydrogens (tertiary/aromatic N) is 1. The summed E-state index contributed by atoms with van der Waals surface area (Å²) in [5, 5.41) is 6.17. The quantitative estimate of drug-likeness (QED) is 0.804. The maximum Gasteiger partial charge on any atom is 0.241 e. The molecular weight excluding hydrogens is 254 g/mol. The summed E-state index contributed by atoms with van der Waals surface area (Å²) >= 11 is 0. The van der Waals surface area contributed by atoms with Gasteiger partial charge in [-0.3, -0.25) is 9.59 Å². The Kier molecular flexibility index (Phi) is 5.40. The number of piperidine rings is 2. The predicted molar refractivity (Wildman–Crippen MR) is 78.3 cm³/mol. The third kappa shape index (κ3) is 3.51. The summed E-state index contributed by atoms with van der Waals surface area (Å²) < 4.78 is 0. The molecule has 0 aromatic heterocycles. The molecule has 2 aliphatic heterocycles. The molecule has 5 nitrogen and oxygen atoms in total. The lowest BCUT2D eigenvalue weighted by Gasteiger charge is -2.35. The van der Waals surface area contributed by atoms with Gasteiger partial charge in [-0.2, -0.15) is 0 Å². The van der Waals surface area contributed by atoms with Gasteiger partial charge >= 0.3 is 0 Å². The van der Waals surface area contributed by atoms with Crippen LogP contribution in [0.5, 0.6) is 0 Å². The molecule has 2 N–H and O–H groups in total. The maximum absolute atomic E-state index is 12.4. The first-order chi connectivity index (χ1) is 9.68. The summed E-state index contributed by atoms with van der Waals surface area (Å²) in [6, 6.07) is 0. The summed E-state index contributed by atoms with van der Waals surface area (Å²) in [5.74, 6) is 0.102. The normalized spacial score (nSPS) is 27.1. The van der Waals surface area contributed by atoms with Gasteiger partial charge in [0.15, 0.2) is 0 Å². The predicted octanol–water partition coefficient (Wildman–Crippen LogP) is 0.895. The average Bonchev–Trinajstić information content (AvgIpc) is 2.53. The van der Waals surface area contributed by atoms with Crippen molar-refractivity contribution in [1.29, 1.82) is 0 Å². The monoisotopic (exact) mass is 281 g/mol. The molecule has 0 aromatic carbocycles. The third-order valence-corrected chi connectivity index (χ3v) is 4.74. The summed E-state index contributed by atoms with van der Waals surface area (Å²) in [6.07, 6.45) is 6.15. The second-order valence-corrected chi connectivity index (χ2v) is 6.04. The molecule has 2 saturated heterocycles. The molecule has 0 saturated carbocycles. The summed E-state index contributed by atoms with van der Waals surface area (Å²) in [6.45, 7) is 5.61. The molecule has 5 heteroatoms. The van der Waals surface area contributed by atoms with Crippen molar-refractivity contribution in [2.75, 3.05) is 32.7 Å². The average molecular weight is 281 g/mol. The zero-order valence-electron chi connectivity index (χ0n) is 12.5. The van der Waals surface area contributed by atoms with Crippen LogP contribution in [0.4, 0.5) is 0 Å². The molecule has 2 fully saturated rings. The van der Waals surface area contributed by atoms with E-state index in [1.807, 2.05) is 4.90 Å². The Balaban J connectivity index is 1.82. The van der Waals surface area contributed by atoms with Gasteiger partial charge in [0, 0.05) is 19.6 Å². The third-order valence-electron chi connectivity index (χ3n) is 4.74. The Morgan fingerprint density at radius 1 is 1.20 bits per heavy atom. The van der Waals surface area contributed by atoms with Crippen molar-refractivity contribution in [3.05, 3.63) is 0 Å². The molecule has 0 radical (unpaired) electrons. The van der Waals surface area contributed by atoms with Crippen molar-refractivity contribution < 1.29 is 9.59 Å². The van der Waals surface area contributed by atoms with Crippen LogP contribution < -0.4 is 10.6 Å². The number of carbonyl (C=O) groups excluding carboxylic acids is 2. The van der Waals surface area contributed by atoms with Crippen LogP contribution in [-0.4, -0.2) is 49.4 Å². The first-order valence-corrected chi connectivity index (χ1v) is 7.95. The molecule has 0 aromatic rings. The summed E-state index contributed by atoms with van der Waals surface area (Å²) in [7, 11) is 0. The number of hydrogen-bond donors (Lipinski definition) is 2. The highest BCUT2D eigenvalue weighted by molar-refractivity contribution is 5.88. The summed E-state index contributed by atoms with van der Waals surface area (Å²) in [4.78, 5) is 26.4. The van der Waals surface area contributed by atoms with Gasteiger partial charge in [-0.25, -0.2) is 0 Å². The second kappa shape index (κ2) is 7.07. The highest BCUT2D eigenvalue weighted by Gasteiger charge is 2.37. The van der Waals surface area contributed by atoms with Gasteiger partial charge in [-0.1, -0.05) is 6.92 Å². The van der Waals surface area contributed by atoms with Gasteiger partial charge in [0.25, 0.3) is 0 Å². The van der Waals surface area contributed by atoms with Crippen LogP contribution in [-0.2, 0) is 9.59 Å². The SMILES string of the molecule is CCC1(C(=O)NCC(=O)N2CCCCC2)CCCNC1. The number of carbonyl (C=O) groups is 2. The molecule has 2 heterocycles. The summed E-state index contributed by atoms with van der Waals surface area (Å²) in [5.41, 5.74) is -0.319. The van der Waals surface area contributed by atoms with Crippen molar-refractivity contribution in [3.63, 3.8) is 0 Å². The van der Waals surface area contributed by atoms with Gasteiger partial charge in [-0.05, 0) is 45.1 Å². The van der Waals surface area contributed by atoms with Crippen LogP contribution in [0.3, 0.4) is 0 Å². The zero-order chi connectivity index (χ0) is 14.4. The van der Waals surface area contributed by atoms with Gasteiger partial charge in [0.05, 0.1) is 12.0 Å². The first kappa shape index (κ1) is 15.3. The van der Waals surface area contributed by atoms with Crippen molar-refractivity contribution in [3.8, 4) is 0 Å². The zero-order valence-corrected chi connectivity index (χ0v) is 12.5. The molecule has 0 aliphatic carbocycles. The topological polar surface area (TPSA) is 61.4 Å². The molecule has 114 valence electrons. The number of nitrogens with one attached hydrogen (secondary N) is 2. The van der Waals surface area contributed by atoms with Gasteiger partial charge < -0.3 is 15.5 Å². The lowest BCUT2D eigenvalue weighted by molar-refractivity contribution is -0.137. The van der Waals surface area contributed by atoms with E-state index in [0.717, 1.165) is 58.3 Å². The van der Waals surface area contributed by atoms with Crippen LogP contribution in [0.25, 0.3) is 0 Å². The molecule has 20 heavy (non-hydrogen) atoms. The van der Waals surface area contributed by atoms with Crippen molar-refractivity contribution in [2.24, 2.45) is 5.41 Å². The fourth-order valence-corrected chi connectivity index (χ4v) is 3.22. The van der Waals surface area contributed by atoms with E-state index in [0.29, 0.717) is 0 Å². The Morgan fingerprint density at radius 3 is 2.55 bits per heavy atom. The van der Waals surface area contributed by atoms with Crippen LogP contribution in [0.1, 0.15) is 45.4 Å². The molecule has 1 atom stereocenters. The van der Waals surface area contributed by atoms with E-state index < -0.39 is 0 Å². The standard InChI is InChI=1S/C15H27N3O2/c1-2-15(7-6-8-16-12-15)14(20)17-11-13(19)18-9-4-3-5-10-18/h16H,2-12H2,1H3,(H,17,20). The second-order valence-electron chi connectivity index (χ2n) is 6.04. The van der Waals surface area contributed by atoms with E-state index in [2.05, 4.69) is 17.6 Å². The van der Waals surface area contributed by atoms with Crippen molar-refractivity contribution >= 4 is 11.8 Å². The number of hydrogen-bond acceptors (Lipinski definition) is 3. The Morgan fingerprint density at radius 2 is 1.95 bits per heavy atom. The highest BCUT2D eigenvalue weighted by Crippen LogP contribution is 2.30. The molecule has 2 amide bonds. The maximum atomic E-state index is 12.4. The molecule has 2 rings (SSSR count).